The SMILES string of the molecule is Cc1ccc(C)c(N2C(=O)[C@@H]3C4c5ccccc5C([C@@H](C)O)(c5ccccc54)[C@H]3C2=O)c1. The number of hydrogen-bond acceptors (Lipinski definition) is 3. The van der Waals surface area contributed by atoms with Crippen molar-refractivity contribution >= 4 is 17.5 Å². The molecule has 7 rings (SSSR count). The molecule has 1 aliphatic heterocycles. The first-order valence-electron chi connectivity index (χ1n) is 11.2. The third-order valence-electron chi connectivity index (χ3n) is 7.95. The predicted octanol–water partition coefficient (Wildman–Crippen LogP) is 4.24. The number of imide groups is 1. The van der Waals surface area contributed by atoms with Crippen molar-refractivity contribution in [1.29, 1.82) is 0 Å². The molecule has 4 nitrogen and oxygen atoms in total. The van der Waals surface area contributed by atoms with E-state index in [9.17, 15) is 14.7 Å². The predicted molar refractivity (Wildman–Crippen MR) is 123 cm³/mol. The summed E-state index contributed by atoms with van der Waals surface area (Å²) in [6, 6.07) is 21.9. The number of rotatable bonds is 2. The summed E-state index contributed by atoms with van der Waals surface area (Å²) in [6.45, 7) is 5.65. The van der Waals surface area contributed by atoms with Gasteiger partial charge in [-0.25, -0.2) is 4.90 Å². The number of hydrogen-bond donors (Lipinski definition) is 1. The summed E-state index contributed by atoms with van der Waals surface area (Å²) in [5.74, 6) is -1.72. The van der Waals surface area contributed by atoms with E-state index in [1.54, 1.807) is 6.92 Å². The highest BCUT2D eigenvalue weighted by atomic mass is 16.3. The molecule has 0 unspecified atom stereocenters. The second-order valence-corrected chi connectivity index (χ2v) is 9.50. The van der Waals surface area contributed by atoms with Crippen LogP contribution in [0.2, 0.25) is 0 Å². The summed E-state index contributed by atoms with van der Waals surface area (Å²) in [5, 5.41) is 11.4. The Morgan fingerprint density at radius 1 is 0.875 bits per heavy atom. The van der Waals surface area contributed by atoms with E-state index in [2.05, 4.69) is 12.1 Å². The van der Waals surface area contributed by atoms with Gasteiger partial charge in [-0.05, 0) is 60.2 Å². The van der Waals surface area contributed by atoms with Crippen LogP contribution in [0.15, 0.2) is 66.7 Å². The van der Waals surface area contributed by atoms with E-state index in [0.717, 1.165) is 33.4 Å². The molecule has 2 bridgehead atoms. The third-order valence-corrected chi connectivity index (χ3v) is 7.95. The van der Waals surface area contributed by atoms with E-state index in [4.69, 9.17) is 0 Å². The van der Waals surface area contributed by atoms with Crippen molar-refractivity contribution in [2.75, 3.05) is 4.90 Å². The Morgan fingerprint density at radius 3 is 2.06 bits per heavy atom. The Bertz CT molecular complexity index is 1260. The lowest BCUT2D eigenvalue weighted by Gasteiger charge is -2.55. The highest BCUT2D eigenvalue weighted by Crippen LogP contribution is 2.65. The Morgan fingerprint density at radius 2 is 1.47 bits per heavy atom. The van der Waals surface area contributed by atoms with Crippen molar-refractivity contribution in [1.82, 2.24) is 0 Å². The largest absolute Gasteiger partial charge is 0.392 e. The van der Waals surface area contributed by atoms with Crippen molar-refractivity contribution in [3.8, 4) is 0 Å². The van der Waals surface area contributed by atoms with Gasteiger partial charge < -0.3 is 5.11 Å². The molecule has 0 saturated carbocycles. The van der Waals surface area contributed by atoms with Crippen molar-refractivity contribution < 1.29 is 14.7 Å². The van der Waals surface area contributed by atoms with Crippen LogP contribution in [-0.2, 0) is 15.0 Å². The molecule has 2 amide bonds. The standard InChI is InChI=1S/C28H25NO3/c1-15-12-13-16(2)22(14-15)29-26(31)24-23-18-8-4-6-10-20(18)28(17(3)30,25(24)27(29)32)21-11-7-5-9-19(21)23/h4-14,17,23-25,30H,1-3H3/t17-,23?,24-,25-,28?/m1/s1. The van der Waals surface area contributed by atoms with Crippen molar-refractivity contribution in [3.05, 3.63) is 100 Å². The number of amides is 2. The van der Waals surface area contributed by atoms with Gasteiger partial charge in [-0.2, -0.15) is 0 Å². The molecule has 3 aliphatic carbocycles. The topological polar surface area (TPSA) is 57.6 Å². The molecule has 1 N–H and O–H groups in total. The van der Waals surface area contributed by atoms with E-state index < -0.39 is 23.4 Å². The third kappa shape index (κ3) is 2.11. The van der Waals surface area contributed by atoms with Gasteiger partial charge in [0, 0.05) is 5.92 Å². The van der Waals surface area contributed by atoms with Crippen molar-refractivity contribution in [2.24, 2.45) is 11.8 Å². The molecule has 0 spiro atoms. The van der Waals surface area contributed by atoms with Gasteiger partial charge in [0.25, 0.3) is 0 Å². The molecule has 3 aromatic rings. The maximum atomic E-state index is 14.1. The molecule has 1 saturated heterocycles. The van der Waals surface area contributed by atoms with E-state index in [0.29, 0.717) is 5.69 Å². The van der Waals surface area contributed by atoms with Crippen LogP contribution < -0.4 is 4.90 Å². The first-order valence-corrected chi connectivity index (χ1v) is 11.2. The summed E-state index contributed by atoms with van der Waals surface area (Å²) < 4.78 is 0. The number of aliphatic hydroxyl groups is 1. The van der Waals surface area contributed by atoms with Crippen LogP contribution in [0.4, 0.5) is 5.69 Å². The Hall–Kier alpha value is -3.24. The highest BCUT2D eigenvalue weighted by molar-refractivity contribution is 6.24. The summed E-state index contributed by atoms with van der Waals surface area (Å²) in [7, 11) is 0. The molecule has 3 aromatic carbocycles. The van der Waals surface area contributed by atoms with Gasteiger partial charge in [0.15, 0.2) is 0 Å². The second-order valence-electron chi connectivity index (χ2n) is 9.50. The number of carbonyl (C=O) groups is 2. The van der Waals surface area contributed by atoms with Gasteiger partial charge >= 0.3 is 0 Å². The van der Waals surface area contributed by atoms with Crippen LogP contribution in [-0.4, -0.2) is 23.0 Å². The fraction of sp³-hybridized carbons (Fsp3) is 0.286. The highest BCUT2D eigenvalue weighted by Gasteiger charge is 2.69. The molecule has 0 aromatic heterocycles. The molecule has 3 atom stereocenters. The lowest BCUT2D eigenvalue weighted by atomic mass is 9.46. The zero-order valence-corrected chi connectivity index (χ0v) is 18.4. The molecule has 1 fully saturated rings. The Labute approximate surface area is 187 Å². The second kappa shape index (κ2) is 6.39. The molecule has 4 aliphatic rings. The van der Waals surface area contributed by atoms with Crippen LogP contribution in [0.25, 0.3) is 0 Å². The molecule has 1 heterocycles. The minimum Gasteiger partial charge on any atom is -0.392 e. The van der Waals surface area contributed by atoms with Crippen molar-refractivity contribution in [2.45, 2.75) is 38.2 Å². The van der Waals surface area contributed by atoms with Gasteiger partial charge in [0.2, 0.25) is 11.8 Å². The molecular weight excluding hydrogens is 398 g/mol. The zero-order chi connectivity index (χ0) is 22.4. The molecule has 160 valence electrons. The fourth-order valence-corrected chi connectivity index (χ4v) is 6.74. The monoisotopic (exact) mass is 423 g/mol. The summed E-state index contributed by atoms with van der Waals surface area (Å²) in [5.41, 5.74) is 5.65. The normalized spacial score (nSPS) is 28.4. The van der Waals surface area contributed by atoms with E-state index in [-0.39, 0.29) is 17.7 Å². The lowest BCUT2D eigenvalue weighted by molar-refractivity contribution is -0.126. The quantitative estimate of drug-likeness (QED) is 0.628. The average Bonchev–Trinajstić information content (AvgIpc) is 3.06. The number of anilines is 1. The smallest absolute Gasteiger partial charge is 0.239 e. The number of aryl methyl sites for hydroxylation is 2. The maximum Gasteiger partial charge on any atom is 0.239 e. The number of carbonyl (C=O) groups excluding carboxylic acids is 2. The van der Waals surface area contributed by atoms with Gasteiger partial charge in [0.05, 0.1) is 29.0 Å². The summed E-state index contributed by atoms with van der Waals surface area (Å²) in [4.78, 5) is 29.5. The van der Waals surface area contributed by atoms with Crippen LogP contribution >= 0.6 is 0 Å². The van der Waals surface area contributed by atoms with Crippen LogP contribution in [0.5, 0.6) is 0 Å². The molecule has 0 radical (unpaired) electrons. The van der Waals surface area contributed by atoms with Gasteiger partial charge in [-0.3, -0.25) is 9.59 Å². The summed E-state index contributed by atoms with van der Waals surface area (Å²) >= 11 is 0. The number of benzene rings is 3. The van der Waals surface area contributed by atoms with Crippen molar-refractivity contribution in [3.63, 3.8) is 0 Å². The molecule has 32 heavy (non-hydrogen) atoms. The first-order chi connectivity index (χ1) is 15.4. The molecular formula is C28H25NO3. The summed E-state index contributed by atoms with van der Waals surface area (Å²) in [6.07, 6.45) is -0.839. The average molecular weight is 424 g/mol. The minimum absolute atomic E-state index is 0.160. The van der Waals surface area contributed by atoms with E-state index in [1.807, 2.05) is 68.4 Å². The van der Waals surface area contributed by atoms with Crippen LogP contribution in [0, 0.1) is 25.7 Å². The van der Waals surface area contributed by atoms with Crippen LogP contribution in [0.1, 0.15) is 46.2 Å². The molecule has 4 heteroatoms. The lowest BCUT2D eigenvalue weighted by Crippen LogP contribution is -2.58. The Kier molecular flexibility index (Phi) is 3.89. The van der Waals surface area contributed by atoms with Gasteiger partial charge in [-0.15, -0.1) is 0 Å². The van der Waals surface area contributed by atoms with Gasteiger partial charge in [-0.1, -0.05) is 60.7 Å². The van der Waals surface area contributed by atoms with Gasteiger partial charge in [0.1, 0.15) is 0 Å². The van der Waals surface area contributed by atoms with Crippen LogP contribution in [0.3, 0.4) is 0 Å². The zero-order valence-electron chi connectivity index (χ0n) is 18.4. The van der Waals surface area contributed by atoms with E-state index >= 15 is 0 Å². The fourth-order valence-electron chi connectivity index (χ4n) is 6.74. The minimum atomic E-state index is -0.953. The number of aliphatic hydroxyl groups excluding tert-OH is 1. The first kappa shape index (κ1) is 19.4. The van der Waals surface area contributed by atoms with E-state index in [1.165, 1.54) is 4.90 Å². The number of nitrogens with zero attached hydrogens (tertiary/aromatic N) is 1. The maximum absolute atomic E-state index is 14.1. The Balaban J connectivity index is 1.67.